The van der Waals surface area contributed by atoms with Crippen LogP contribution in [0, 0.1) is 0 Å². The Bertz CT molecular complexity index is 162. The summed E-state index contributed by atoms with van der Waals surface area (Å²) in [6.07, 6.45) is 0.956. The number of hydroxylamine groups is 2. The smallest absolute Gasteiger partial charge is 0.302 e. The Morgan fingerprint density at radius 1 is 1.75 bits per heavy atom. The molecule has 12 heavy (non-hydrogen) atoms. The highest BCUT2D eigenvalue weighted by atomic mass is 16.7. The molecular weight excluding hydrogens is 158 g/mol. The van der Waals surface area contributed by atoms with Crippen molar-refractivity contribution in [1.29, 1.82) is 0 Å². The van der Waals surface area contributed by atoms with Crippen LogP contribution < -0.4 is 0 Å². The highest BCUT2D eigenvalue weighted by molar-refractivity contribution is 5.65. The van der Waals surface area contributed by atoms with E-state index in [4.69, 9.17) is 9.57 Å². The molecule has 1 heterocycles. The molecule has 2 atom stereocenters. The minimum absolute atomic E-state index is 0.0360. The zero-order valence-electron chi connectivity index (χ0n) is 7.74. The molecule has 70 valence electrons. The number of carbonyl (C=O) groups excluding carboxylic acids is 1. The summed E-state index contributed by atoms with van der Waals surface area (Å²) in [5, 5.41) is 1.80. The van der Waals surface area contributed by atoms with Gasteiger partial charge in [0.1, 0.15) is 12.7 Å². The van der Waals surface area contributed by atoms with E-state index in [1.54, 1.807) is 5.06 Å². The second-order valence-electron chi connectivity index (χ2n) is 3.16. The topological polar surface area (TPSA) is 38.8 Å². The largest absolute Gasteiger partial charge is 0.463 e. The molecule has 0 saturated carbocycles. The van der Waals surface area contributed by atoms with Gasteiger partial charge in [0.15, 0.2) is 0 Å². The Kier molecular flexibility index (Phi) is 3.05. The SMILES string of the molecule is CC(=O)OCC1CC(C)N(C)O1. The van der Waals surface area contributed by atoms with Crippen LogP contribution >= 0.6 is 0 Å². The molecule has 0 aromatic rings. The quantitative estimate of drug-likeness (QED) is 0.572. The normalized spacial score (nSPS) is 30.6. The third-order valence-corrected chi connectivity index (χ3v) is 2.01. The Morgan fingerprint density at radius 3 is 2.83 bits per heavy atom. The average Bonchev–Trinajstić information content (AvgIpc) is 2.28. The van der Waals surface area contributed by atoms with Gasteiger partial charge in [0.2, 0.25) is 0 Å². The molecule has 2 unspecified atom stereocenters. The summed E-state index contributed by atoms with van der Waals surface area (Å²) in [4.78, 5) is 15.9. The fourth-order valence-corrected chi connectivity index (χ4v) is 1.22. The van der Waals surface area contributed by atoms with Crippen LogP contribution in [0.4, 0.5) is 0 Å². The van der Waals surface area contributed by atoms with E-state index in [0.717, 1.165) is 6.42 Å². The zero-order valence-corrected chi connectivity index (χ0v) is 7.74. The summed E-state index contributed by atoms with van der Waals surface area (Å²) in [5.41, 5.74) is 0. The molecule has 0 aliphatic carbocycles. The Morgan fingerprint density at radius 2 is 2.42 bits per heavy atom. The van der Waals surface area contributed by atoms with Crippen LogP contribution in [0.1, 0.15) is 20.3 Å². The molecule has 1 aliphatic heterocycles. The van der Waals surface area contributed by atoms with Crippen molar-refractivity contribution in [3.8, 4) is 0 Å². The van der Waals surface area contributed by atoms with Gasteiger partial charge in [0.05, 0.1) is 0 Å². The number of nitrogens with zero attached hydrogens (tertiary/aromatic N) is 1. The lowest BCUT2D eigenvalue weighted by atomic mass is 10.2. The lowest BCUT2D eigenvalue weighted by Crippen LogP contribution is -2.21. The van der Waals surface area contributed by atoms with E-state index >= 15 is 0 Å². The first kappa shape index (κ1) is 9.48. The zero-order chi connectivity index (χ0) is 9.14. The van der Waals surface area contributed by atoms with Gasteiger partial charge in [-0.3, -0.25) is 9.63 Å². The summed E-state index contributed by atoms with van der Waals surface area (Å²) in [6, 6.07) is 0.408. The number of ether oxygens (including phenoxy) is 1. The van der Waals surface area contributed by atoms with Crippen molar-refractivity contribution >= 4 is 5.97 Å². The van der Waals surface area contributed by atoms with Crippen LogP contribution in [-0.2, 0) is 14.4 Å². The molecule has 1 saturated heterocycles. The first-order valence-corrected chi connectivity index (χ1v) is 4.12. The monoisotopic (exact) mass is 173 g/mol. The molecular formula is C8H15NO3. The van der Waals surface area contributed by atoms with Gasteiger partial charge in [-0.2, -0.15) is 5.06 Å². The molecule has 0 N–H and O–H groups in total. The highest BCUT2D eigenvalue weighted by Crippen LogP contribution is 2.18. The van der Waals surface area contributed by atoms with E-state index < -0.39 is 0 Å². The number of hydrogen-bond donors (Lipinski definition) is 0. The minimum atomic E-state index is -0.249. The Hall–Kier alpha value is -0.610. The van der Waals surface area contributed by atoms with Gasteiger partial charge in [-0.15, -0.1) is 0 Å². The Labute approximate surface area is 72.4 Å². The summed E-state index contributed by atoms with van der Waals surface area (Å²) in [6.45, 7) is 3.85. The van der Waals surface area contributed by atoms with Gasteiger partial charge in [-0.25, -0.2) is 0 Å². The van der Waals surface area contributed by atoms with Gasteiger partial charge in [0, 0.05) is 20.0 Å². The second-order valence-corrected chi connectivity index (χ2v) is 3.16. The number of hydrogen-bond acceptors (Lipinski definition) is 4. The standard InChI is InChI=1S/C8H15NO3/c1-6-4-8(12-9(6)3)5-11-7(2)10/h6,8H,4-5H2,1-3H3. The van der Waals surface area contributed by atoms with E-state index in [1.165, 1.54) is 6.92 Å². The highest BCUT2D eigenvalue weighted by Gasteiger charge is 2.27. The van der Waals surface area contributed by atoms with E-state index in [2.05, 4.69) is 6.92 Å². The lowest BCUT2D eigenvalue weighted by molar-refractivity contribution is -0.166. The average molecular weight is 173 g/mol. The van der Waals surface area contributed by atoms with Gasteiger partial charge >= 0.3 is 5.97 Å². The summed E-state index contributed by atoms with van der Waals surface area (Å²) in [7, 11) is 1.89. The van der Waals surface area contributed by atoms with Crippen LogP contribution in [0.2, 0.25) is 0 Å². The first-order chi connectivity index (χ1) is 5.59. The van der Waals surface area contributed by atoms with E-state index in [1.807, 2.05) is 7.05 Å². The van der Waals surface area contributed by atoms with Gasteiger partial charge in [0.25, 0.3) is 0 Å². The predicted octanol–water partition coefficient (Wildman–Crippen LogP) is 0.574. The predicted molar refractivity (Wildman–Crippen MR) is 43.3 cm³/mol. The van der Waals surface area contributed by atoms with Crippen LogP contribution in [0.5, 0.6) is 0 Å². The molecule has 1 fully saturated rings. The molecule has 4 nitrogen and oxygen atoms in total. The number of carbonyl (C=O) groups is 1. The molecule has 0 radical (unpaired) electrons. The van der Waals surface area contributed by atoms with Crippen molar-refractivity contribution in [2.75, 3.05) is 13.7 Å². The van der Waals surface area contributed by atoms with Crippen molar-refractivity contribution in [1.82, 2.24) is 5.06 Å². The summed E-state index contributed by atoms with van der Waals surface area (Å²) < 4.78 is 4.83. The molecule has 0 spiro atoms. The summed E-state index contributed by atoms with van der Waals surface area (Å²) in [5.74, 6) is -0.249. The van der Waals surface area contributed by atoms with Crippen LogP contribution in [-0.4, -0.2) is 36.8 Å². The van der Waals surface area contributed by atoms with Crippen LogP contribution in [0.3, 0.4) is 0 Å². The molecule has 4 heteroatoms. The van der Waals surface area contributed by atoms with Crippen molar-refractivity contribution in [3.05, 3.63) is 0 Å². The molecule has 1 rings (SSSR count). The number of esters is 1. The Balaban J connectivity index is 2.23. The molecule has 0 aromatic carbocycles. The molecule has 0 aromatic heterocycles. The van der Waals surface area contributed by atoms with Crippen molar-refractivity contribution in [2.45, 2.75) is 32.4 Å². The second kappa shape index (κ2) is 3.87. The minimum Gasteiger partial charge on any atom is -0.463 e. The molecule has 0 amide bonds. The maximum Gasteiger partial charge on any atom is 0.302 e. The van der Waals surface area contributed by atoms with Gasteiger partial charge < -0.3 is 4.74 Å². The lowest BCUT2D eigenvalue weighted by Gasteiger charge is -2.12. The van der Waals surface area contributed by atoms with Gasteiger partial charge in [-0.05, 0) is 13.3 Å². The van der Waals surface area contributed by atoms with E-state index in [9.17, 15) is 4.79 Å². The number of rotatable bonds is 2. The fourth-order valence-electron chi connectivity index (χ4n) is 1.22. The summed E-state index contributed by atoms with van der Waals surface area (Å²) >= 11 is 0. The third-order valence-electron chi connectivity index (χ3n) is 2.01. The maximum absolute atomic E-state index is 10.5. The van der Waals surface area contributed by atoms with Crippen LogP contribution in [0.25, 0.3) is 0 Å². The van der Waals surface area contributed by atoms with Crippen molar-refractivity contribution in [3.63, 3.8) is 0 Å². The maximum atomic E-state index is 10.5. The molecule has 0 bridgehead atoms. The van der Waals surface area contributed by atoms with Gasteiger partial charge in [-0.1, -0.05) is 0 Å². The third kappa shape index (κ3) is 2.46. The molecule has 1 aliphatic rings. The van der Waals surface area contributed by atoms with E-state index in [-0.39, 0.29) is 12.1 Å². The fraction of sp³-hybridized carbons (Fsp3) is 0.875. The first-order valence-electron chi connectivity index (χ1n) is 4.12. The van der Waals surface area contributed by atoms with Crippen molar-refractivity contribution < 1.29 is 14.4 Å². The van der Waals surface area contributed by atoms with E-state index in [0.29, 0.717) is 12.6 Å². The van der Waals surface area contributed by atoms with Crippen LogP contribution in [0.15, 0.2) is 0 Å². The van der Waals surface area contributed by atoms with Crippen molar-refractivity contribution in [2.24, 2.45) is 0 Å².